The highest BCUT2D eigenvalue weighted by molar-refractivity contribution is 9.10. The summed E-state index contributed by atoms with van der Waals surface area (Å²) in [5.41, 5.74) is 0.668. The van der Waals surface area contributed by atoms with E-state index in [1.165, 1.54) is 11.3 Å². The zero-order valence-electron chi connectivity index (χ0n) is 12.8. The maximum absolute atomic E-state index is 12.6. The smallest absolute Gasteiger partial charge is 0.264 e. The molecule has 1 aromatic carbocycles. The van der Waals surface area contributed by atoms with Crippen LogP contribution in [0.2, 0.25) is 0 Å². The van der Waals surface area contributed by atoms with E-state index in [1.54, 1.807) is 0 Å². The highest BCUT2D eigenvalue weighted by Gasteiger charge is 2.26. The van der Waals surface area contributed by atoms with Crippen LogP contribution < -0.4 is 0 Å². The van der Waals surface area contributed by atoms with Crippen molar-refractivity contribution in [2.45, 2.75) is 6.92 Å². The summed E-state index contributed by atoms with van der Waals surface area (Å²) in [4.78, 5) is 30.5. The minimum Gasteiger partial charge on any atom is -0.335 e. The second kappa shape index (κ2) is 6.84. The van der Waals surface area contributed by atoms with Crippen LogP contribution in [0.3, 0.4) is 0 Å². The van der Waals surface area contributed by atoms with E-state index in [9.17, 15) is 9.59 Å². The van der Waals surface area contributed by atoms with E-state index in [0.717, 1.165) is 14.2 Å². The maximum atomic E-state index is 12.6. The van der Waals surface area contributed by atoms with Gasteiger partial charge in [-0.2, -0.15) is 0 Å². The lowest BCUT2D eigenvalue weighted by Gasteiger charge is -2.34. The molecule has 1 saturated heterocycles. The number of amides is 2. The third kappa shape index (κ3) is 3.48. The monoisotopic (exact) mass is 392 g/mol. The van der Waals surface area contributed by atoms with Crippen molar-refractivity contribution in [3.63, 3.8) is 0 Å². The van der Waals surface area contributed by atoms with Gasteiger partial charge in [-0.3, -0.25) is 9.59 Å². The van der Waals surface area contributed by atoms with Crippen LogP contribution in [-0.4, -0.2) is 47.8 Å². The van der Waals surface area contributed by atoms with E-state index in [0.29, 0.717) is 31.7 Å². The SMILES string of the molecule is Cc1ccc(C(=O)N2CCN(C(=O)c3ccccc3Br)CC2)s1. The molecule has 23 heavy (non-hydrogen) atoms. The number of carbonyl (C=O) groups is 2. The first-order valence-electron chi connectivity index (χ1n) is 7.46. The molecule has 0 saturated carbocycles. The van der Waals surface area contributed by atoms with E-state index in [4.69, 9.17) is 0 Å². The van der Waals surface area contributed by atoms with Gasteiger partial charge >= 0.3 is 0 Å². The fraction of sp³-hybridized carbons (Fsp3) is 0.294. The van der Waals surface area contributed by atoms with Crippen LogP contribution in [0.15, 0.2) is 40.9 Å². The van der Waals surface area contributed by atoms with E-state index >= 15 is 0 Å². The summed E-state index contributed by atoms with van der Waals surface area (Å²) in [5, 5.41) is 0. The largest absolute Gasteiger partial charge is 0.335 e. The number of rotatable bonds is 2. The van der Waals surface area contributed by atoms with Crippen LogP contribution in [0, 0.1) is 6.92 Å². The summed E-state index contributed by atoms with van der Waals surface area (Å²) in [6.45, 7) is 4.28. The zero-order chi connectivity index (χ0) is 16.4. The standard InChI is InChI=1S/C17H17BrN2O2S/c1-12-6-7-15(23-12)17(22)20-10-8-19(9-11-20)16(21)13-4-2-3-5-14(13)18/h2-7H,8-11H2,1H3. The van der Waals surface area contributed by atoms with Gasteiger partial charge in [-0.15, -0.1) is 11.3 Å². The number of hydrogen-bond donors (Lipinski definition) is 0. The second-order valence-corrected chi connectivity index (χ2v) is 7.62. The van der Waals surface area contributed by atoms with Crippen molar-refractivity contribution in [1.82, 2.24) is 9.80 Å². The molecule has 0 bridgehead atoms. The van der Waals surface area contributed by atoms with Gasteiger partial charge in [0.1, 0.15) is 0 Å². The van der Waals surface area contributed by atoms with Gasteiger partial charge in [0.2, 0.25) is 0 Å². The Morgan fingerprint density at radius 3 is 2.13 bits per heavy atom. The van der Waals surface area contributed by atoms with E-state index in [1.807, 2.05) is 53.1 Å². The van der Waals surface area contributed by atoms with Crippen molar-refractivity contribution in [2.75, 3.05) is 26.2 Å². The number of carbonyl (C=O) groups excluding carboxylic acids is 2. The first kappa shape index (κ1) is 16.2. The number of piperazine rings is 1. The third-order valence-corrected chi connectivity index (χ3v) is 5.59. The van der Waals surface area contributed by atoms with Gasteiger partial charge in [0.25, 0.3) is 11.8 Å². The summed E-state index contributed by atoms with van der Waals surface area (Å²) in [6.07, 6.45) is 0. The lowest BCUT2D eigenvalue weighted by Crippen LogP contribution is -2.50. The van der Waals surface area contributed by atoms with Crippen LogP contribution in [0.25, 0.3) is 0 Å². The van der Waals surface area contributed by atoms with Crippen LogP contribution in [0.4, 0.5) is 0 Å². The van der Waals surface area contributed by atoms with Gasteiger partial charge in [0, 0.05) is 35.5 Å². The summed E-state index contributed by atoms with van der Waals surface area (Å²) >= 11 is 4.94. The molecular formula is C17H17BrN2O2S. The van der Waals surface area contributed by atoms with Gasteiger partial charge < -0.3 is 9.80 Å². The first-order chi connectivity index (χ1) is 11.1. The molecule has 2 aromatic rings. The summed E-state index contributed by atoms with van der Waals surface area (Å²) in [7, 11) is 0. The fourth-order valence-corrected chi connectivity index (χ4v) is 3.91. The van der Waals surface area contributed by atoms with Crippen LogP contribution in [0.1, 0.15) is 24.9 Å². The number of thiophene rings is 1. The van der Waals surface area contributed by atoms with Crippen molar-refractivity contribution in [3.8, 4) is 0 Å². The Kier molecular flexibility index (Phi) is 4.82. The number of hydrogen-bond acceptors (Lipinski definition) is 3. The lowest BCUT2D eigenvalue weighted by molar-refractivity contribution is 0.0537. The highest BCUT2D eigenvalue weighted by atomic mass is 79.9. The number of aryl methyl sites for hydroxylation is 1. The highest BCUT2D eigenvalue weighted by Crippen LogP contribution is 2.21. The normalized spacial score (nSPS) is 14.9. The lowest BCUT2D eigenvalue weighted by atomic mass is 10.2. The Labute approximate surface area is 147 Å². The van der Waals surface area contributed by atoms with Crippen LogP contribution >= 0.6 is 27.3 Å². The predicted molar refractivity (Wildman–Crippen MR) is 95.0 cm³/mol. The van der Waals surface area contributed by atoms with Gasteiger partial charge in [-0.05, 0) is 47.1 Å². The maximum Gasteiger partial charge on any atom is 0.264 e. The fourth-order valence-electron chi connectivity index (χ4n) is 2.62. The van der Waals surface area contributed by atoms with Crippen molar-refractivity contribution < 1.29 is 9.59 Å². The van der Waals surface area contributed by atoms with Gasteiger partial charge in [0.05, 0.1) is 10.4 Å². The molecule has 0 N–H and O–H groups in total. The zero-order valence-corrected chi connectivity index (χ0v) is 15.2. The molecule has 0 spiro atoms. The number of nitrogens with zero attached hydrogens (tertiary/aromatic N) is 2. The Bertz CT molecular complexity index is 736. The Morgan fingerprint density at radius 2 is 1.57 bits per heavy atom. The van der Waals surface area contributed by atoms with Crippen molar-refractivity contribution in [2.24, 2.45) is 0 Å². The van der Waals surface area contributed by atoms with Crippen LogP contribution in [0.5, 0.6) is 0 Å². The minimum absolute atomic E-state index is 0.0107. The third-order valence-electron chi connectivity index (χ3n) is 3.91. The summed E-state index contributed by atoms with van der Waals surface area (Å²) < 4.78 is 0.803. The molecule has 1 aliphatic heterocycles. The quantitative estimate of drug-likeness (QED) is 0.785. The Balaban J connectivity index is 1.63. The summed E-state index contributed by atoms with van der Waals surface area (Å²) in [6, 6.07) is 11.3. The van der Waals surface area contributed by atoms with Crippen molar-refractivity contribution in [1.29, 1.82) is 0 Å². The van der Waals surface area contributed by atoms with Crippen molar-refractivity contribution in [3.05, 3.63) is 56.2 Å². The molecule has 2 heterocycles. The molecule has 1 aliphatic rings. The molecule has 0 radical (unpaired) electrons. The van der Waals surface area contributed by atoms with Crippen molar-refractivity contribution >= 4 is 39.1 Å². The first-order valence-corrected chi connectivity index (χ1v) is 9.07. The topological polar surface area (TPSA) is 40.6 Å². The molecule has 3 rings (SSSR count). The Hall–Kier alpha value is -1.66. The van der Waals surface area contributed by atoms with E-state index in [2.05, 4.69) is 15.9 Å². The minimum atomic E-state index is 0.0107. The molecule has 0 aliphatic carbocycles. The van der Waals surface area contributed by atoms with Gasteiger partial charge in [-0.1, -0.05) is 12.1 Å². The summed E-state index contributed by atoms with van der Waals surface area (Å²) in [5.74, 6) is 0.0765. The molecule has 4 nitrogen and oxygen atoms in total. The van der Waals surface area contributed by atoms with Gasteiger partial charge in [-0.25, -0.2) is 0 Å². The molecule has 1 aromatic heterocycles. The molecule has 1 fully saturated rings. The number of halogens is 1. The molecular weight excluding hydrogens is 376 g/mol. The average molecular weight is 393 g/mol. The predicted octanol–water partition coefficient (Wildman–Crippen LogP) is 3.42. The molecule has 0 atom stereocenters. The average Bonchev–Trinajstić information content (AvgIpc) is 3.01. The molecule has 2 amide bonds. The van der Waals surface area contributed by atoms with Gasteiger partial charge in [0.15, 0.2) is 0 Å². The van der Waals surface area contributed by atoms with E-state index < -0.39 is 0 Å². The van der Waals surface area contributed by atoms with Crippen LogP contribution in [-0.2, 0) is 0 Å². The molecule has 120 valence electrons. The Morgan fingerprint density at radius 1 is 0.957 bits per heavy atom. The van der Waals surface area contributed by atoms with E-state index in [-0.39, 0.29) is 11.8 Å². The number of benzene rings is 1. The molecule has 0 unspecified atom stereocenters. The second-order valence-electron chi connectivity index (χ2n) is 5.47. The molecule has 6 heteroatoms.